The van der Waals surface area contributed by atoms with Crippen LogP contribution in [-0.2, 0) is 20.9 Å². The molecule has 2 aliphatic carbocycles. The standard InChI is InChI=1S/C53H51NOP/c1-8-45-41-26-23-35(33-44(41)50-38-18-12-11-17-34(38)29-30-54(50)53(45,9-2)10-3)56(55,36-24-27-48-42(31-36)39-19-13-15-21-46(39)51(48,4)5)37-25-28-49-43(32-37)40-20-14-16-22-47(40)52(49,6)7/h11-33,45H,8-10H2,1-7H3/q+1. The molecular weight excluding hydrogens is 698 g/mol. The predicted octanol–water partition coefficient (Wildman–Crippen LogP) is 12.1. The minimum atomic E-state index is -3.45. The van der Waals surface area contributed by atoms with Crippen molar-refractivity contribution in [2.24, 2.45) is 0 Å². The molecule has 2 heterocycles. The van der Waals surface area contributed by atoms with Crippen molar-refractivity contribution in [1.82, 2.24) is 0 Å². The van der Waals surface area contributed by atoms with Gasteiger partial charge in [0.25, 0.3) is 0 Å². The zero-order chi connectivity index (χ0) is 38.8. The Hall–Kier alpha value is -5.04. The van der Waals surface area contributed by atoms with Crippen molar-refractivity contribution in [1.29, 1.82) is 0 Å². The number of rotatable bonds is 6. The molecule has 6 aromatic carbocycles. The highest BCUT2D eigenvalue weighted by Gasteiger charge is 2.51. The van der Waals surface area contributed by atoms with Gasteiger partial charge in [0.05, 0.1) is 10.9 Å². The first-order valence-electron chi connectivity index (χ1n) is 20.7. The highest BCUT2D eigenvalue weighted by Crippen LogP contribution is 2.55. The monoisotopic (exact) mass is 748 g/mol. The molecule has 0 spiro atoms. The maximum absolute atomic E-state index is 17.0. The highest BCUT2D eigenvalue weighted by atomic mass is 31.2. The topological polar surface area (TPSA) is 20.9 Å². The Kier molecular flexibility index (Phi) is 7.73. The quantitative estimate of drug-likeness (QED) is 0.123. The van der Waals surface area contributed by atoms with Crippen LogP contribution in [0.25, 0.3) is 44.3 Å². The normalized spacial score (nSPS) is 17.7. The zero-order valence-corrected chi connectivity index (χ0v) is 34.7. The van der Waals surface area contributed by atoms with Crippen molar-refractivity contribution in [2.45, 2.75) is 90.0 Å². The van der Waals surface area contributed by atoms with Crippen LogP contribution in [0.15, 0.2) is 140 Å². The van der Waals surface area contributed by atoms with Gasteiger partial charge in [0, 0.05) is 51.6 Å². The lowest BCUT2D eigenvalue weighted by Gasteiger charge is -2.40. The number of benzene rings is 6. The van der Waals surface area contributed by atoms with Crippen LogP contribution in [0.5, 0.6) is 0 Å². The second kappa shape index (κ2) is 12.2. The second-order valence-electron chi connectivity index (χ2n) is 17.6. The Morgan fingerprint density at radius 3 is 1.57 bits per heavy atom. The maximum atomic E-state index is 17.0. The van der Waals surface area contributed by atoms with Gasteiger partial charge < -0.3 is 4.57 Å². The molecule has 56 heavy (non-hydrogen) atoms. The van der Waals surface area contributed by atoms with Crippen LogP contribution >= 0.6 is 7.14 Å². The first kappa shape index (κ1) is 35.4. The lowest BCUT2D eigenvalue weighted by molar-refractivity contribution is -0.761. The van der Waals surface area contributed by atoms with E-state index in [9.17, 15) is 0 Å². The number of aromatic nitrogens is 1. The van der Waals surface area contributed by atoms with Crippen LogP contribution in [0.1, 0.15) is 101 Å². The van der Waals surface area contributed by atoms with Crippen LogP contribution in [0.3, 0.4) is 0 Å². The third kappa shape index (κ3) is 4.51. The van der Waals surface area contributed by atoms with Gasteiger partial charge in [0.1, 0.15) is 0 Å². The fourth-order valence-electron chi connectivity index (χ4n) is 11.5. The molecule has 0 saturated carbocycles. The summed E-state index contributed by atoms with van der Waals surface area (Å²) in [4.78, 5) is 0. The largest absolute Gasteiger partial charge is 0.309 e. The minimum absolute atomic E-state index is 0.0489. The molecule has 0 fully saturated rings. The molecule has 1 aliphatic heterocycles. The van der Waals surface area contributed by atoms with Crippen LogP contribution < -0.4 is 20.5 Å². The fourth-order valence-corrected chi connectivity index (χ4v) is 14.2. The Labute approximate surface area is 332 Å². The third-order valence-electron chi connectivity index (χ3n) is 14.5. The van der Waals surface area contributed by atoms with Crippen LogP contribution in [0.2, 0.25) is 0 Å². The van der Waals surface area contributed by atoms with Gasteiger partial charge in [0.15, 0.2) is 18.9 Å². The molecule has 0 amide bonds. The molecule has 278 valence electrons. The summed E-state index contributed by atoms with van der Waals surface area (Å²) in [5, 5.41) is 5.15. The smallest absolute Gasteiger partial charge is 0.221 e. The molecule has 0 bridgehead atoms. The van der Waals surface area contributed by atoms with Crippen molar-refractivity contribution in [3.63, 3.8) is 0 Å². The lowest BCUT2D eigenvalue weighted by Crippen LogP contribution is -2.62. The molecule has 0 radical (unpaired) electrons. The molecule has 1 atom stereocenters. The summed E-state index contributed by atoms with van der Waals surface area (Å²) in [7, 11) is -3.45. The summed E-state index contributed by atoms with van der Waals surface area (Å²) in [6.07, 6.45) is 5.45. The van der Waals surface area contributed by atoms with E-state index in [0.29, 0.717) is 5.92 Å². The van der Waals surface area contributed by atoms with Crippen molar-refractivity contribution >= 4 is 33.8 Å². The van der Waals surface area contributed by atoms with Gasteiger partial charge in [-0.25, -0.2) is 0 Å². The van der Waals surface area contributed by atoms with Gasteiger partial charge in [-0.1, -0.05) is 152 Å². The van der Waals surface area contributed by atoms with E-state index < -0.39 is 7.14 Å². The fraction of sp³-hybridized carbons (Fsp3) is 0.264. The SMILES string of the molecule is CCC1c2ccc(P(=O)(c3ccc4c(c3)-c3ccccc3C4(C)C)c3ccc4c(c3)-c3ccccc3C4(C)C)cc2-c2c3ccccc3cc[n+]2C1(CC)CC. The predicted molar refractivity (Wildman–Crippen MR) is 236 cm³/mol. The Bertz CT molecular complexity index is 2710. The molecule has 10 rings (SSSR count). The first-order chi connectivity index (χ1) is 27.0. The van der Waals surface area contributed by atoms with Gasteiger partial charge in [-0.2, -0.15) is 4.57 Å². The number of hydrogen-bond donors (Lipinski definition) is 0. The van der Waals surface area contributed by atoms with E-state index in [4.69, 9.17) is 0 Å². The van der Waals surface area contributed by atoms with Crippen molar-refractivity contribution < 1.29 is 9.13 Å². The number of fused-ring (bicyclic) bond motifs is 11. The average molecular weight is 749 g/mol. The molecule has 2 nitrogen and oxygen atoms in total. The van der Waals surface area contributed by atoms with Gasteiger partial charge in [0.2, 0.25) is 5.69 Å². The van der Waals surface area contributed by atoms with E-state index >= 15 is 4.57 Å². The van der Waals surface area contributed by atoms with Gasteiger partial charge >= 0.3 is 0 Å². The van der Waals surface area contributed by atoms with Crippen LogP contribution in [0, 0.1) is 0 Å². The van der Waals surface area contributed by atoms with Gasteiger partial charge in [-0.3, -0.25) is 0 Å². The van der Waals surface area contributed by atoms with Crippen LogP contribution in [-0.4, -0.2) is 0 Å². The third-order valence-corrected chi connectivity index (χ3v) is 17.5. The minimum Gasteiger partial charge on any atom is -0.309 e. The number of pyridine rings is 1. The van der Waals surface area contributed by atoms with Crippen molar-refractivity contribution in [2.75, 3.05) is 0 Å². The zero-order valence-electron chi connectivity index (χ0n) is 33.8. The Morgan fingerprint density at radius 2 is 1.02 bits per heavy atom. The first-order valence-corrected chi connectivity index (χ1v) is 22.4. The summed E-state index contributed by atoms with van der Waals surface area (Å²) >= 11 is 0. The van der Waals surface area contributed by atoms with Gasteiger partial charge in [-0.15, -0.1) is 0 Å². The van der Waals surface area contributed by atoms with E-state index in [2.05, 4.69) is 193 Å². The average Bonchev–Trinajstić information content (AvgIpc) is 3.61. The van der Waals surface area contributed by atoms with Crippen LogP contribution in [0.4, 0.5) is 0 Å². The Morgan fingerprint density at radius 1 is 0.536 bits per heavy atom. The summed E-state index contributed by atoms with van der Waals surface area (Å²) in [6, 6.07) is 49.0. The molecule has 3 aliphatic rings. The van der Waals surface area contributed by atoms with Crippen molar-refractivity contribution in [3.05, 3.63) is 167 Å². The number of nitrogens with zero attached hydrogens (tertiary/aromatic N) is 1. The summed E-state index contributed by atoms with van der Waals surface area (Å²) in [5.74, 6) is 0.331. The summed E-state index contributed by atoms with van der Waals surface area (Å²) in [5.41, 5.74) is 13.6. The molecule has 7 aromatic rings. The van der Waals surface area contributed by atoms with E-state index in [1.807, 2.05) is 0 Å². The molecule has 1 aromatic heterocycles. The molecule has 1 unspecified atom stereocenters. The van der Waals surface area contributed by atoms with E-state index in [1.54, 1.807) is 0 Å². The molecule has 3 heteroatoms. The molecular formula is C53H51NOP+. The maximum Gasteiger partial charge on any atom is 0.221 e. The van der Waals surface area contributed by atoms with E-state index in [0.717, 1.165) is 35.2 Å². The highest BCUT2D eigenvalue weighted by molar-refractivity contribution is 7.85. The number of hydrogen-bond acceptors (Lipinski definition) is 1. The lowest BCUT2D eigenvalue weighted by atomic mass is 9.69. The van der Waals surface area contributed by atoms with E-state index in [-0.39, 0.29) is 16.4 Å². The van der Waals surface area contributed by atoms with Gasteiger partial charge in [-0.05, 0) is 86.1 Å². The molecule has 0 N–H and O–H groups in total. The molecule has 0 saturated heterocycles. The Balaban J connectivity index is 1.27. The summed E-state index contributed by atoms with van der Waals surface area (Å²) < 4.78 is 19.6. The summed E-state index contributed by atoms with van der Waals surface area (Å²) in [6.45, 7) is 16.3. The second-order valence-corrected chi connectivity index (χ2v) is 20.3. The van der Waals surface area contributed by atoms with E-state index in [1.165, 1.54) is 72.1 Å². The van der Waals surface area contributed by atoms with Crippen molar-refractivity contribution in [3.8, 4) is 33.5 Å².